The van der Waals surface area contributed by atoms with Gasteiger partial charge in [-0.1, -0.05) is 17.7 Å². The molecule has 1 heterocycles. The van der Waals surface area contributed by atoms with E-state index in [2.05, 4.69) is 22.0 Å². The van der Waals surface area contributed by atoms with Crippen molar-refractivity contribution in [2.24, 2.45) is 0 Å². The quantitative estimate of drug-likeness (QED) is 0.521. The van der Waals surface area contributed by atoms with Crippen LogP contribution in [0.2, 0.25) is 5.02 Å². The highest BCUT2D eigenvalue weighted by molar-refractivity contribution is 6.30. The van der Waals surface area contributed by atoms with Crippen LogP contribution in [-0.2, 0) is 0 Å². The van der Waals surface area contributed by atoms with Crippen molar-refractivity contribution in [1.82, 2.24) is 0 Å². The molecule has 0 atom stereocenters. The number of nitrogens with zero attached hydrogens (tertiary/aromatic N) is 2. The van der Waals surface area contributed by atoms with E-state index in [-0.39, 0.29) is 17.2 Å². The Morgan fingerprint density at radius 2 is 1.62 bits per heavy atom. The number of piperazine rings is 1. The predicted molar refractivity (Wildman–Crippen MR) is 135 cm³/mol. The average Bonchev–Trinajstić information content (AvgIpc) is 2.85. The van der Waals surface area contributed by atoms with Crippen LogP contribution in [0.15, 0.2) is 60.7 Å². The van der Waals surface area contributed by atoms with Crippen molar-refractivity contribution in [2.75, 3.05) is 48.4 Å². The van der Waals surface area contributed by atoms with Crippen molar-refractivity contribution in [3.05, 3.63) is 82.4 Å². The summed E-state index contributed by atoms with van der Waals surface area (Å²) < 4.78 is 5.11. The monoisotopic (exact) mass is 479 g/mol. The Morgan fingerprint density at radius 3 is 2.26 bits per heavy atom. The summed E-state index contributed by atoms with van der Waals surface area (Å²) in [6, 6.07) is 17.6. The van der Waals surface area contributed by atoms with E-state index >= 15 is 0 Å². The minimum atomic E-state index is -1.10. The van der Waals surface area contributed by atoms with Gasteiger partial charge in [0, 0.05) is 48.1 Å². The summed E-state index contributed by atoms with van der Waals surface area (Å²) in [5.41, 5.74) is 3.81. The van der Waals surface area contributed by atoms with Crippen LogP contribution in [0, 0.1) is 6.92 Å². The number of ether oxygens (including phenoxy) is 1. The molecule has 176 valence electrons. The van der Waals surface area contributed by atoms with Crippen LogP contribution in [0.5, 0.6) is 5.75 Å². The fraction of sp³-hybridized carbons (Fsp3) is 0.231. The molecule has 1 saturated heterocycles. The molecule has 0 radical (unpaired) electrons. The lowest BCUT2D eigenvalue weighted by molar-refractivity contribution is 0.0698. The van der Waals surface area contributed by atoms with Gasteiger partial charge in [-0.15, -0.1) is 0 Å². The van der Waals surface area contributed by atoms with Crippen LogP contribution in [0.1, 0.15) is 26.3 Å². The van der Waals surface area contributed by atoms with Crippen LogP contribution < -0.4 is 19.9 Å². The first-order valence-corrected chi connectivity index (χ1v) is 11.3. The number of rotatable bonds is 6. The van der Waals surface area contributed by atoms with Crippen LogP contribution in [0.3, 0.4) is 0 Å². The van der Waals surface area contributed by atoms with Gasteiger partial charge < -0.3 is 25.0 Å². The number of carbonyl (C=O) groups is 2. The molecule has 1 fully saturated rings. The third-order valence-electron chi connectivity index (χ3n) is 5.99. The molecule has 7 nitrogen and oxygen atoms in total. The Labute approximate surface area is 203 Å². The summed E-state index contributed by atoms with van der Waals surface area (Å²) in [5, 5.41) is 13.2. The van der Waals surface area contributed by atoms with E-state index in [9.17, 15) is 14.7 Å². The fourth-order valence-corrected chi connectivity index (χ4v) is 4.25. The smallest absolute Gasteiger partial charge is 0.337 e. The number of amides is 1. The lowest BCUT2D eigenvalue weighted by Crippen LogP contribution is -2.46. The molecule has 34 heavy (non-hydrogen) atoms. The van der Waals surface area contributed by atoms with Gasteiger partial charge in [-0.25, -0.2) is 4.79 Å². The van der Waals surface area contributed by atoms with E-state index < -0.39 is 5.97 Å². The topological polar surface area (TPSA) is 82.1 Å². The number of aryl methyl sites for hydroxylation is 1. The predicted octanol–water partition coefficient (Wildman–Crippen LogP) is 4.93. The van der Waals surface area contributed by atoms with Crippen LogP contribution in [0.4, 0.5) is 17.1 Å². The molecule has 3 aromatic carbocycles. The van der Waals surface area contributed by atoms with Gasteiger partial charge in [0.05, 0.1) is 18.4 Å². The van der Waals surface area contributed by atoms with Gasteiger partial charge in [0.2, 0.25) is 0 Å². The van der Waals surface area contributed by atoms with Gasteiger partial charge in [0.1, 0.15) is 5.75 Å². The van der Waals surface area contributed by atoms with Crippen molar-refractivity contribution >= 4 is 40.5 Å². The standard InChI is InChI=1S/C26H26ClN3O4/c1-17-3-6-19(27)15-24(17)30-13-11-29(12-14-30)20-7-10-23(22(16-20)26(32)33)28-25(31)18-4-8-21(34-2)9-5-18/h3-10,15-16H,11-14H2,1-2H3,(H,28,31)(H,32,33). The highest BCUT2D eigenvalue weighted by atomic mass is 35.5. The highest BCUT2D eigenvalue weighted by Gasteiger charge is 2.21. The summed E-state index contributed by atoms with van der Waals surface area (Å²) >= 11 is 6.18. The van der Waals surface area contributed by atoms with Gasteiger partial charge in [0.25, 0.3) is 5.91 Å². The molecule has 1 amide bonds. The molecule has 1 aliphatic heterocycles. The number of carboxylic acids is 1. The lowest BCUT2D eigenvalue weighted by Gasteiger charge is -2.38. The third-order valence-corrected chi connectivity index (χ3v) is 6.23. The first-order valence-electron chi connectivity index (χ1n) is 10.9. The number of hydrogen-bond donors (Lipinski definition) is 2. The number of hydrogen-bond acceptors (Lipinski definition) is 5. The van der Waals surface area contributed by atoms with Gasteiger partial charge in [-0.05, 0) is 67.1 Å². The maximum Gasteiger partial charge on any atom is 0.337 e. The van der Waals surface area contributed by atoms with Crippen LogP contribution >= 0.6 is 11.6 Å². The van der Waals surface area contributed by atoms with Crippen molar-refractivity contribution < 1.29 is 19.4 Å². The van der Waals surface area contributed by atoms with Crippen molar-refractivity contribution in [3.8, 4) is 5.75 Å². The Balaban J connectivity index is 1.47. The summed E-state index contributed by atoms with van der Waals surface area (Å²) in [6.45, 7) is 5.13. The molecule has 2 N–H and O–H groups in total. The third kappa shape index (κ3) is 5.10. The molecular weight excluding hydrogens is 454 g/mol. The highest BCUT2D eigenvalue weighted by Crippen LogP contribution is 2.28. The van der Waals surface area contributed by atoms with Gasteiger partial charge in [-0.2, -0.15) is 0 Å². The SMILES string of the molecule is COc1ccc(C(=O)Nc2ccc(N3CCN(c4cc(Cl)ccc4C)CC3)cc2C(=O)O)cc1. The second-order valence-electron chi connectivity index (χ2n) is 8.12. The molecule has 0 saturated carbocycles. The fourth-order valence-electron chi connectivity index (χ4n) is 4.08. The zero-order valence-electron chi connectivity index (χ0n) is 19.0. The Hall–Kier alpha value is -3.71. The number of halogens is 1. The molecule has 0 aliphatic carbocycles. The minimum Gasteiger partial charge on any atom is -0.497 e. The maximum atomic E-state index is 12.6. The molecule has 1 aliphatic rings. The Kier molecular flexibility index (Phi) is 6.93. The maximum absolute atomic E-state index is 12.6. The number of carbonyl (C=O) groups excluding carboxylic acids is 1. The van der Waals surface area contributed by atoms with Crippen molar-refractivity contribution in [1.29, 1.82) is 0 Å². The number of aromatic carboxylic acids is 1. The number of anilines is 3. The molecule has 0 unspecified atom stereocenters. The second kappa shape index (κ2) is 10.1. The molecule has 3 aromatic rings. The molecular formula is C26H26ClN3O4. The second-order valence-corrected chi connectivity index (χ2v) is 8.56. The Bertz CT molecular complexity index is 1210. The molecule has 0 spiro atoms. The van der Waals surface area contributed by atoms with E-state index in [1.165, 1.54) is 5.56 Å². The first kappa shape index (κ1) is 23.4. The van der Waals surface area contributed by atoms with E-state index in [4.69, 9.17) is 16.3 Å². The van der Waals surface area contributed by atoms with E-state index in [0.717, 1.165) is 37.6 Å². The summed E-state index contributed by atoms with van der Waals surface area (Å²) in [5.74, 6) is -0.846. The zero-order chi connectivity index (χ0) is 24.2. The van der Waals surface area contributed by atoms with E-state index in [1.807, 2.05) is 24.3 Å². The van der Waals surface area contributed by atoms with Gasteiger partial charge >= 0.3 is 5.97 Å². The van der Waals surface area contributed by atoms with E-state index in [0.29, 0.717) is 16.3 Å². The Morgan fingerprint density at radius 1 is 0.941 bits per heavy atom. The largest absolute Gasteiger partial charge is 0.497 e. The zero-order valence-corrected chi connectivity index (χ0v) is 19.8. The number of benzene rings is 3. The van der Waals surface area contributed by atoms with Crippen LogP contribution in [-0.4, -0.2) is 50.3 Å². The molecule has 8 heteroatoms. The van der Waals surface area contributed by atoms with Gasteiger partial charge in [0.15, 0.2) is 0 Å². The average molecular weight is 480 g/mol. The minimum absolute atomic E-state index is 0.0486. The molecule has 4 rings (SSSR count). The normalized spacial score (nSPS) is 13.5. The van der Waals surface area contributed by atoms with E-state index in [1.54, 1.807) is 43.5 Å². The first-order chi connectivity index (χ1) is 16.4. The molecule has 0 aromatic heterocycles. The number of carboxylic acid groups (broad SMARTS) is 1. The summed E-state index contributed by atoms with van der Waals surface area (Å²) in [4.78, 5) is 29.0. The van der Waals surface area contributed by atoms with Gasteiger partial charge in [-0.3, -0.25) is 4.79 Å². The number of nitrogens with one attached hydrogen (secondary N) is 1. The summed E-state index contributed by atoms with van der Waals surface area (Å²) in [6.07, 6.45) is 0. The lowest BCUT2D eigenvalue weighted by atomic mass is 10.1. The molecule has 0 bridgehead atoms. The van der Waals surface area contributed by atoms with Crippen molar-refractivity contribution in [2.45, 2.75) is 6.92 Å². The van der Waals surface area contributed by atoms with Crippen LogP contribution in [0.25, 0.3) is 0 Å². The van der Waals surface area contributed by atoms with Crippen molar-refractivity contribution in [3.63, 3.8) is 0 Å². The summed E-state index contributed by atoms with van der Waals surface area (Å²) in [7, 11) is 1.55. The number of methoxy groups -OCH3 is 1.